The summed E-state index contributed by atoms with van der Waals surface area (Å²) in [6.45, 7) is 7.02. The van der Waals surface area contributed by atoms with Crippen LogP contribution in [0, 0.1) is 0 Å². The van der Waals surface area contributed by atoms with Gasteiger partial charge in [-0.3, -0.25) is 4.79 Å². The molecule has 0 bridgehead atoms. The van der Waals surface area contributed by atoms with E-state index in [-0.39, 0.29) is 5.91 Å². The molecule has 2 rings (SSSR count). The second kappa shape index (κ2) is 7.69. The lowest BCUT2D eigenvalue weighted by atomic mass is 10.1. The van der Waals surface area contributed by atoms with Crippen LogP contribution in [0.2, 0.25) is 0 Å². The molecular formula is C16H25N3OS. The number of nitrogens with one attached hydrogen (secondary N) is 2. The van der Waals surface area contributed by atoms with Crippen LogP contribution in [0.25, 0.3) is 0 Å². The molecule has 1 aromatic heterocycles. The van der Waals surface area contributed by atoms with Gasteiger partial charge in [-0.05, 0) is 49.3 Å². The van der Waals surface area contributed by atoms with Gasteiger partial charge in [0.15, 0.2) is 0 Å². The predicted molar refractivity (Wildman–Crippen MR) is 90.3 cm³/mol. The molecule has 116 valence electrons. The molecule has 0 aromatic carbocycles. The molecule has 21 heavy (non-hydrogen) atoms. The third-order valence-corrected chi connectivity index (χ3v) is 4.66. The van der Waals surface area contributed by atoms with Crippen molar-refractivity contribution < 1.29 is 4.79 Å². The van der Waals surface area contributed by atoms with Gasteiger partial charge in [0, 0.05) is 23.8 Å². The van der Waals surface area contributed by atoms with E-state index in [2.05, 4.69) is 29.5 Å². The number of pyridine rings is 1. The van der Waals surface area contributed by atoms with Crippen LogP contribution in [0.3, 0.4) is 0 Å². The highest BCUT2D eigenvalue weighted by Gasteiger charge is 2.18. The van der Waals surface area contributed by atoms with E-state index in [1.165, 1.54) is 0 Å². The summed E-state index contributed by atoms with van der Waals surface area (Å²) in [5, 5.41) is 6.37. The number of carbonyl (C=O) groups excluding carboxylic acids is 1. The first-order chi connectivity index (χ1) is 10.1. The monoisotopic (exact) mass is 307 g/mol. The Labute approximate surface area is 131 Å². The van der Waals surface area contributed by atoms with Crippen molar-refractivity contribution in [3.63, 3.8) is 0 Å². The molecular weight excluding hydrogens is 282 g/mol. The van der Waals surface area contributed by atoms with Gasteiger partial charge in [0.05, 0.1) is 0 Å². The predicted octanol–water partition coefficient (Wildman–Crippen LogP) is 3.26. The Balaban J connectivity index is 2.14. The van der Waals surface area contributed by atoms with Gasteiger partial charge in [-0.25, -0.2) is 4.98 Å². The van der Waals surface area contributed by atoms with Crippen molar-refractivity contribution in [2.45, 2.75) is 45.6 Å². The Morgan fingerprint density at radius 2 is 2.10 bits per heavy atom. The summed E-state index contributed by atoms with van der Waals surface area (Å²) in [6.07, 6.45) is 2.14. The first-order valence-corrected chi connectivity index (χ1v) is 8.90. The highest BCUT2D eigenvalue weighted by Crippen LogP contribution is 2.20. The summed E-state index contributed by atoms with van der Waals surface area (Å²) in [6, 6.07) is 4.08. The number of aromatic nitrogens is 1. The van der Waals surface area contributed by atoms with Crippen LogP contribution in [-0.4, -0.2) is 35.0 Å². The first-order valence-electron chi connectivity index (χ1n) is 7.74. The van der Waals surface area contributed by atoms with E-state index in [9.17, 15) is 4.79 Å². The Bertz CT molecular complexity index is 484. The van der Waals surface area contributed by atoms with E-state index < -0.39 is 0 Å². The lowest BCUT2D eigenvalue weighted by Crippen LogP contribution is -2.37. The standard InChI is InChI=1S/C16H25N3OS/c1-4-17-15-10-12(9-14(19-15)11(2)3)16(20)18-13-5-7-21-8-6-13/h9-11,13H,4-8H2,1-3H3,(H,17,19)(H,18,20). The smallest absolute Gasteiger partial charge is 0.251 e. The zero-order chi connectivity index (χ0) is 15.2. The normalized spacial score (nSPS) is 16.0. The fourth-order valence-corrected chi connectivity index (χ4v) is 3.47. The van der Waals surface area contributed by atoms with Crippen molar-refractivity contribution in [2.24, 2.45) is 0 Å². The highest BCUT2D eigenvalue weighted by atomic mass is 32.2. The highest BCUT2D eigenvalue weighted by molar-refractivity contribution is 7.99. The van der Waals surface area contributed by atoms with Crippen molar-refractivity contribution in [1.29, 1.82) is 0 Å². The quantitative estimate of drug-likeness (QED) is 0.876. The summed E-state index contributed by atoms with van der Waals surface area (Å²) in [7, 11) is 0. The van der Waals surface area contributed by atoms with E-state index in [0.29, 0.717) is 17.5 Å². The van der Waals surface area contributed by atoms with E-state index in [1.54, 1.807) is 0 Å². The summed E-state index contributed by atoms with van der Waals surface area (Å²) in [4.78, 5) is 17.0. The maximum Gasteiger partial charge on any atom is 0.251 e. The van der Waals surface area contributed by atoms with Crippen molar-refractivity contribution >= 4 is 23.5 Å². The van der Waals surface area contributed by atoms with Crippen LogP contribution in [-0.2, 0) is 0 Å². The summed E-state index contributed by atoms with van der Waals surface area (Å²) in [5.74, 6) is 3.40. The molecule has 1 aliphatic heterocycles. The fraction of sp³-hybridized carbons (Fsp3) is 0.625. The Kier molecular flexibility index (Phi) is 5.91. The van der Waals surface area contributed by atoms with Crippen LogP contribution in [0.1, 0.15) is 55.6 Å². The molecule has 1 fully saturated rings. The lowest BCUT2D eigenvalue weighted by Gasteiger charge is -2.22. The fourth-order valence-electron chi connectivity index (χ4n) is 2.36. The van der Waals surface area contributed by atoms with Crippen LogP contribution in [0.15, 0.2) is 12.1 Å². The number of nitrogens with zero attached hydrogens (tertiary/aromatic N) is 1. The van der Waals surface area contributed by atoms with Crippen LogP contribution in [0.4, 0.5) is 5.82 Å². The Morgan fingerprint density at radius 1 is 1.38 bits per heavy atom. The van der Waals surface area contributed by atoms with Gasteiger partial charge >= 0.3 is 0 Å². The minimum absolute atomic E-state index is 0.0235. The number of carbonyl (C=O) groups is 1. The summed E-state index contributed by atoms with van der Waals surface area (Å²) < 4.78 is 0. The summed E-state index contributed by atoms with van der Waals surface area (Å²) in [5.41, 5.74) is 1.67. The maximum absolute atomic E-state index is 12.5. The largest absolute Gasteiger partial charge is 0.370 e. The molecule has 0 atom stereocenters. The van der Waals surface area contributed by atoms with E-state index in [1.807, 2.05) is 30.8 Å². The number of rotatable bonds is 5. The molecule has 1 aromatic rings. The van der Waals surface area contributed by atoms with Gasteiger partial charge in [-0.15, -0.1) is 0 Å². The van der Waals surface area contributed by atoms with Crippen molar-refractivity contribution in [3.05, 3.63) is 23.4 Å². The van der Waals surface area contributed by atoms with E-state index in [0.717, 1.165) is 42.4 Å². The van der Waals surface area contributed by atoms with Gasteiger partial charge in [0.25, 0.3) is 5.91 Å². The van der Waals surface area contributed by atoms with Gasteiger partial charge in [0.1, 0.15) is 5.82 Å². The average Bonchev–Trinajstić information content (AvgIpc) is 2.48. The number of anilines is 1. The molecule has 0 radical (unpaired) electrons. The lowest BCUT2D eigenvalue weighted by molar-refractivity contribution is 0.0934. The molecule has 0 aliphatic carbocycles. The third-order valence-electron chi connectivity index (χ3n) is 3.61. The number of thioether (sulfide) groups is 1. The second-order valence-corrected chi connectivity index (χ2v) is 6.94. The molecule has 1 aliphatic rings. The first kappa shape index (κ1) is 16.1. The zero-order valence-corrected chi connectivity index (χ0v) is 13.9. The van der Waals surface area contributed by atoms with Gasteiger partial charge in [-0.2, -0.15) is 11.8 Å². The maximum atomic E-state index is 12.5. The van der Waals surface area contributed by atoms with Crippen molar-refractivity contribution in [2.75, 3.05) is 23.4 Å². The van der Waals surface area contributed by atoms with Crippen LogP contribution >= 0.6 is 11.8 Å². The third kappa shape index (κ3) is 4.63. The molecule has 4 nitrogen and oxygen atoms in total. The summed E-state index contributed by atoms with van der Waals surface area (Å²) >= 11 is 1.97. The van der Waals surface area contributed by atoms with Crippen molar-refractivity contribution in [1.82, 2.24) is 10.3 Å². The molecule has 1 saturated heterocycles. The molecule has 5 heteroatoms. The van der Waals surface area contributed by atoms with E-state index >= 15 is 0 Å². The van der Waals surface area contributed by atoms with Gasteiger partial charge < -0.3 is 10.6 Å². The minimum atomic E-state index is 0.0235. The SMILES string of the molecule is CCNc1cc(C(=O)NC2CCSCC2)cc(C(C)C)n1. The molecule has 0 spiro atoms. The minimum Gasteiger partial charge on any atom is -0.370 e. The zero-order valence-electron chi connectivity index (χ0n) is 13.1. The topological polar surface area (TPSA) is 54.0 Å². The second-order valence-electron chi connectivity index (χ2n) is 5.71. The van der Waals surface area contributed by atoms with Gasteiger partial charge in [0.2, 0.25) is 0 Å². The van der Waals surface area contributed by atoms with Gasteiger partial charge in [-0.1, -0.05) is 13.8 Å². The Morgan fingerprint density at radius 3 is 2.71 bits per heavy atom. The Hall–Kier alpha value is -1.23. The molecule has 2 N–H and O–H groups in total. The molecule has 2 heterocycles. The number of amides is 1. The molecule has 1 amide bonds. The molecule has 0 unspecified atom stereocenters. The van der Waals surface area contributed by atoms with Crippen LogP contribution < -0.4 is 10.6 Å². The molecule has 0 saturated carbocycles. The average molecular weight is 307 g/mol. The van der Waals surface area contributed by atoms with Crippen LogP contribution in [0.5, 0.6) is 0 Å². The number of hydrogen-bond donors (Lipinski definition) is 2. The number of hydrogen-bond acceptors (Lipinski definition) is 4. The van der Waals surface area contributed by atoms with Crippen molar-refractivity contribution in [3.8, 4) is 0 Å². The van der Waals surface area contributed by atoms with E-state index in [4.69, 9.17) is 0 Å².